The van der Waals surface area contributed by atoms with Gasteiger partial charge in [-0.3, -0.25) is 9.69 Å². The molecule has 0 bridgehead atoms. The largest absolute Gasteiger partial charge is 0.401 e. The fourth-order valence-electron chi connectivity index (χ4n) is 3.11. The van der Waals surface area contributed by atoms with E-state index in [2.05, 4.69) is 5.32 Å². The Bertz CT molecular complexity index is 577. The SMILES string of the molecule is C[C@H](C(=O)N[C@H]1c2ccccc2CC[C@@H]1CO)N(C)CC(F)(F)F. The van der Waals surface area contributed by atoms with Crippen molar-refractivity contribution in [3.05, 3.63) is 35.4 Å². The topological polar surface area (TPSA) is 52.6 Å². The van der Waals surface area contributed by atoms with Gasteiger partial charge >= 0.3 is 6.18 Å². The van der Waals surface area contributed by atoms with E-state index in [0.717, 1.165) is 28.9 Å². The third-order valence-electron chi connectivity index (χ3n) is 4.65. The number of aryl methyl sites for hydroxylation is 1. The number of rotatable bonds is 5. The van der Waals surface area contributed by atoms with E-state index in [-0.39, 0.29) is 18.6 Å². The van der Waals surface area contributed by atoms with Gasteiger partial charge in [-0.2, -0.15) is 13.2 Å². The van der Waals surface area contributed by atoms with Crippen LogP contribution >= 0.6 is 0 Å². The van der Waals surface area contributed by atoms with Gasteiger partial charge in [0.25, 0.3) is 0 Å². The second-order valence-corrected chi connectivity index (χ2v) is 6.37. The predicted molar refractivity (Wildman–Crippen MR) is 84.4 cm³/mol. The molecule has 0 heterocycles. The molecular weight excluding hydrogens is 321 g/mol. The molecule has 0 spiro atoms. The van der Waals surface area contributed by atoms with Crippen molar-refractivity contribution in [2.75, 3.05) is 20.2 Å². The molecule has 1 aliphatic carbocycles. The molecule has 2 N–H and O–H groups in total. The summed E-state index contributed by atoms with van der Waals surface area (Å²) in [5, 5.41) is 12.4. The van der Waals surface area contributed by atoms with Gasteiger partial charge in [-0.1, -0.05) is 24.3 Å². The van der Waals surface area contributed by atoms with Crippen LogP contribution in [-0.4, -0.2) is 48.3 Å². The minimum atomic E-state index is -4.35. The second-order valence-electron chi connectivity index (χ2n) is 6.37. The van der Waals surface area contributed by atoms with Crippen LogP contribution < -0.4 is 5.32 Å². The Morgan fingerprint density at radius 2 is 2.08 bits per heavy atom. The lowest BCUT2D eigenvalue weighted by Crippen LogP contribution is -2.49. The number of carbonyl (C=O) groups excluding carboxylic acids is 1. The van der Waals surface area contributed by atoms with Crippen LogP contribution in [0.25, 0.3) is 0 Å². The first-order valence-corrected chi connectivity index (χ1v) is 7.99. The highest BCUT2D eigenvalue weighted by molar-refractivity contribution is 5.81. The van der Waals surface area contributed by atoms with Crippen molar-refractivity contribution in [3.8, 4) is 0 Å². The summed E-state index contributed by atoms with van der Waals surface area (Å²) < 4.78 is 37.5. The standard InChI is InChI=1S/C17H23F3N2O2/c1-11(22(2)10-17(18,19)20)16(24)21-15-13(9-23)8-7-12-5-3-4-6-14(12)15/h3-6,11,13,15,23H,7-10H2,1-2H3,(H,21,24)/t11-,13-,15-/m1/s1. The van der Waals surface area contributed by atoms with Crippen LogP contribution in [0, 0.1) is 5.92 Å². The smallest absolute Gasteiger partial charge is 0.396 e. The van der Waals surface area contributed by atoms with E-state index in [1.165, 1.54) is 14.0 Å². The third-order valence-corrected chi connectivity index (χ3v) is 4.65. The number of carbonyl (C=O) groups is 1. The fourth-order valence-corrected chi connectivity index (χ4v) is 3.11. The quantitative estimate of drug-likeness (QED) is 0.862. The maximum absolute atomic E-state index is 12.5. The van der Waals surface area contributed by atoms with Crippen molar-refractivity contribution in [2.24, 2.45) is 5.92 Å². The highest BCUT2D eigenvalue weighted by Gasteiger charge is 2.35. The van der Waals surface area contributed by atoms with Crippen LogP contribution in [0.2, 0.25) is 0 Å². The number of fused-ring (bicyclic) bond motifs is 1. The van der Waals surface area contributed by atoms with Gasteiger partial charge < -0.3 is 10.4 Å². The maximum Gasteiger partial charge on any atom is 0.401 e. The number of nitrogens with zero attached hydrogens (tertiary/aromatic N) is 1. The number of hydrogen-bond acceptors (Lipinski definition) is 3. The minimum Gasteiger partial charge on any atom is -0.396 e. The van der Waals surface area contributed by atoms with Crippen molar-refractivity contribution < 1.29 is 23.1 Å². The van der Waals surface area contributed by atoms with Gasteiger partial charge in [0.15, 0.2) is 0 Å². The van der Waals surface area contributed by atoms with E-state index in [0.29, 0.717) is 0 Å². The van der Waals surface area contributed by atoms with Crippen LogP contribution in [-0.2, 0) is 11.2 Å². The van der Waals surface area contributed by atoms with E-state index in [4.69, 9.17) is 0 Å². The molecule has 7 heteroatoms. The molecule has 0 aromatic heterocycles. The van der Waals surface area contributed by atoms with Gasteiger partial charge in [-0.15, -0.1) is 0 Å². The van der Waals surface area contributed by atoms with E-state index in [9.17, 15) is 23.1 Å². The van der Waals surface area contributed by atoms with Crippen LogP contribution in [0.5, 0.6) is 0 Å². The number of benzene rings is 1. The van der Waals surface area contributed by atoms with E-state index in [1.807, 2.05) is 24.3 Å². The number of aliphatic hydroxyl groups is 1. The maximum atomic E-state index is 12.5. The lowest BCUT2D eigenvalue weighted by molar-refractivity contribution is -0.151. The number of amides is 1. The first kappa shape index (κ1) is 18.7. The van der Waals surface area contributed by atoms with Crippen LogP contribution in [0.1, 0.15) is 30.5 Å². The Balaban J connectivity index is 2.11. The molecule has 0 radical (unpaired) electrons. The van der Waals surface area contributed by atoms with Crippen LogP contribution in [0.3, 0.4) is 0 Å². The molecular formula is C17H23F3N2O2. The average Bonchev–Trinajstić information content (AvgIpc) is 2.52. The Morgan fingerprint density at radius 3 is 2.71 bits per heavy atom. The number of hydrogen-bond donors (Lipinski definition) is 2. The van der Waals surface area contributed by atoms with Gasteiger partial charge in [0.1, 0.15) is 0 Å². The lowest BCUT2D eigenvalue weighted by atomic mass is 9.80. The Hall–Kier alpha value is -1.60. The number of halogens is 3. The Labute approximate surface area is 139 Å². The zero-order valence-electron chi connectivity index (χ0n) is 13.8. The summed E-state index contributed by atoms with van der Waals surface area (Å²) in [6.45, 7) is 0.224. The van der Waals surface area contributed by atoms with E-state index in [1.54, 1.807) is 0 Å². The molecule has 0 aliphatic heterocycles. The molecule has 1 aromatic carbocycles. The molecule has 134 valence electrons. The summed E-state index contributed by atoms with van der Waals surface area (Å²) in [6, 6.07) is 6.34. The number of aliphatic hydroxyl groups excluding tert-OH is 1. The summed E-state index contributed by atoms with van der Waals surface area (Å²) in [5.41, 5.74) is 2.03. The first-order chi connectivity index (χ1) is 11.2. The van der Waals surface area contributed by atoms with Crippen molar-refractivity contribution in [2.45, 2.75) is 38.0 Å². The van der Waals surface area contributed by atoms with Gasteiger partial charge in [-0.25, -0.2) is 0 Å². The van der Waals surface area contributed by atoms with E-state index >= 15 is 0 Å². The Kier molecular flexibility index (Phi) is 5.87. The van der Waals surface area contributed by atoms with E-state index < -0.39 is 24.7 Å². The lowest BCUT2D eigenvalue weighted by Gasteiger charge is -2.35. The minimum absolute atomic E-state index is 0.0773. The molecule has 1 amide bonds. The second kappa shape index (κ2) is 7.53. The fraction of sp³-hybridized carbons (Fsp3) is 0.588. The summed E-state index contributed by atoms with van der Waals surface area (Å²) in [7, 11) is 1.27. The molecule has 3 atom stereocenters. The van der Waals surface area contributed by atoms with Gasteiger partial charge in [0, 0.05) is 12.5 Å². The number of nitrogens with one attached hydrogen (secondary N) is 1. The van der Waals surface area contributed by atoms with Crippen molar-refractivity contribution in [3.63, 3.8) is 0 Å². The van der Waals surface area contributed by atoms with Gasteiger partial charge in [0.2, 0.25) is 5.91 Å². The Morgan fingerprint density at radius 1 is 1.42 bits per heavy atom. The number of alkyl halides is 3. The zero-order valence-corrected chi connectivity index (χ0v) is 13.8. The molecule has 1 aromatic rings. The van der Waals surface area contributed by atoms with Crippen molar-refractivity contribution >= 4 is 5.91 Å². The monoisotopic (exact) mass is 344 g/mol. The number of likely N-dealkylation sites (N-methyl/N-ethyl adjacent to an activating group) is 1. The van der Waals surface area contributed by atoms with Crippen molar-refractivity contribution in [1.82, 2.24) is 10.2 Å². The predicted octanol–water partition coefficient (Wildman–Crippen LogP) is 2.28. The summed E-state index contributed by atoms with van der Waals surface area (Å²) in [5.74, 6) is -0.606. The van der Waals surface area contributed by atoms with Crippen molar-refractivity contribution in [1.29, 1.82) is 0 Å². The average molecular weight is 344 g/mol. The highest BCUT2D eigenvalue weighted by Crippen LogP contribution is 2.34. The van der Waals surface area contributed by atoms with Crippen LogP contribution in [0.15, 0.2) is 24.3 Å². The molecule has 2 rings (SSSR count). The summed E-state index contributed by atoms with van der Waals surface area (Å²) in [6.07, 6.45) is -2.81. The molecule has 0 unspecified atom stereocenters. The van der Waals surface area contributed by atoms with Gasteiger partial charge in [-0.05, 0) is 37.9 Å². The molecule has 0 saturated carbocycles. The third kappa shape index (κ3) is 4.48. The summed E-state index contributed by atoms with van der Waals surface area (Å²) >= 11 is 0. The van der Waals surface area contributed by atoms with Gasteiger partial charge in [0.05, 0.1) is 18.6 Å². The molecule has 0 saturated heterocycles. The molecule has 0 fully saturated rings. The molecule has 24 heavy (non-hydrogen) atoms. The zero-order chi connectivity index (χ0) is 17.9. The summed E-state index contributed by atoms with van der Waals surface area (Å²) in [4.78, 5) is 13.4. The normalized spacial score (nSPS) is 22.1. The molecule has 4 nitrogen and oxygen atoms in total. The van der Waals surface area contributed by atoms with Crippen LogP contribution in [0.4, 0.5) is 13.2 Å². The first-order valence-electron chi connectivity index (χ1n) is 7.99. The molecule has 1 aliphatic rings. The highest BCUT2D eigenvalue weighted by atomic mass is 19.4.